The highest BCUT2D eigenvalue weighted by Crippen LogP contribution is 2.29. The van der Waals surface area contributed by atoms with E-state index in [0.29, 0.717) is 6.42 Å². The number of ketones is 1. The van der Waals surface area contributed by atoms with Gasteiger partial charge in [0.1, 0.15) is 12.7 Å². The van der Waals surface area contributed by atoms with Crippen molar-refractivity contribution in [1.29, 1.82) is 0 Å². The van der Waals surface area contributed by atoms with Gasteiger partial charge in [-0.1, -0.05) is 92.1 Å². The van der Waals surface area contributed by atoms with Crippen LogP contribution >= 0.6 is 0 Å². The number of hydrogen-bond acceptors (Lipinski definition) is 5. The zero-order valence-corrected chi connectivity index (χ0v) is 19.0. The number of carbonyl (C=O) groups is 2. The van der Waals surface area contributed by atoms with E-state index in [-0.39, 0.29) is 54.2 Å². The van der Waals surface area contributed by atoms with Crippen LogP contribution in [0.1, 0.15) is 68.9 Å². The molecule has 0 N–H and O–H groups in total. The molecule has 0 fully saturated rings. The predicted molar refractivity (Wildman–Crippen MR) is 151 cm³/mol. The number of hydrogen-bond donors (Lipinski definition) is 0. The predicted octanol–water partition coefficient (Wildman–Crippen LogP) is 8.01. The first-order valence-electron chi connectivity index (χ1n) is 10.6. The molecule has 198 valence electrons. The zero-order chi connectivity index (χ0) is 22.8. The first-order chi connectivity index (χ1) is 15.0. The highest BCUT2D eigenvalue weighted by Gasteiger charge is 2.18. The van der Waals surface area contributed by atoms with Gasteiger partial charge in [-0.3, -0.25) is 4.79 Å². The van der Waals surface area contributed by atoms with Crippen molar-refractivity contribution in [3.05, 3.63) is 60.2 Å². The van der Waals surface area contributed by atoms with Crippen LogP contribution in [0.4, 0.5) is 0 Å². The second-order valence-corrected chi connectivity index (χ2v) is 7.28. The molecule has 0 aliphatic heterocycles. The van der Waals surface area contributed by atoms with E-state index in [2.05, 4.69) is 30.3 Å². The molecule has 35 heavy (non-hydrogen) atoms. The number of methoxy groups -OCH3 is 2. The van der Waals surface area contributed by atoms with Gasteiger partial charge in [0.2, 0.25) is 0 Å². The quantitative estimate of drug-likeness (QED) is 0.237. The average Bonchev–Trinajstić information content (AvgIpc) is 2.78. The number of benzene rings is 3. The van der Waals surface area contributed by atoms with E-state index in [1.54, 1.807) is 7.11 Å². The lowest BCUT2D eigenvalue weighted by atomic mass is 9.97. The highest BCUT2D eigenvalue weighted by molar-refractivity contribution is 6.02. The van der Waals surface area contributed by atoms with Crippen LogP contribution in [0.3, 0.4) is 0 Å². The number of esters is 1. The minimum absolute atomic E-state index is 0. The fraction of sp³-hybridized carbons (Fsp3) is 0.467. The van der Waals surface area contributed by atoms with Crippen LogP contribution in [0, 0.1) is 0 Å². The normalized spacial score (nSPS) is 11.2. The van der Waals surface area contributed by atoms with Crippen molar-refractivity contribution in [2.75, 3.05) is 14.2 Å². The summed E-state index contributed by atoms with van der Waals surface area (Å²) in [7, 11) is 3.08. The molecule has 3 rings (SSSR count). The Morgan fingerprint density at radius 1 is 0.743 bits per heavy atom. The lowest BCUT2D eigenvalue weighted by Gasteiger charge is -2.15. The Labute approximate surface area is 213 Å². The smallest absolute Gasteiger partial charge is 0.335 e. The largest absolute Gasteiger partial charge is 0.459 e. The van der Waals surface area contributed by atoms with Gasteiger partial charge in [-0.15, -0.1) is 0 Å². The van der Waals surface area contributed by atoms with Gasteiger partial charge in [0.25, 0.3) is 0 Å². The molecule has 5 nitrogen and oxygen atoms in total. The number of ether oxygens (including phenoxy) is 3. The molecule has 0 amide bonds. The summed E-state index contributed by atoms with van der Waals surface area (Å²) in [5.74, 6) is -0.206. The van der Waals surface area contributed by atoms with Crippen LogP contribution in [-0.4, -0.2) is 38.2 Å². The Morgan fingerprint density at radius 3 is 1.51 bits per heavy atom. The number of rotatable bonds is 8. The first-order valence-corrected chi connectivity index (χ1v) is 10.6. The monoisotopic (exact) mass is 488 g/mol. The molecule has 3 aromatic carbocycles. The second kappa shape index (κ2) is 18.6. The molecule has 0 saturated carbocycles. The third kappa shape index (κ3) is 9.79. The van der Waals surface area contributed by atoms with Crippen molar-refractivity contribution < 1.29 is 23.8 Å². The van der Waals surface area contributed by atoms with Gasteiger partial charge in [0.15, 0.2) is 11.9 Å². The molecule has 5 heteroatoms. The van der Waals surface area contributed by atoms with Gasteiger partial charge < -0.3 is 14.2 Å². The topological polar surface area (TPSA) is 61.8 Å². The van der Waals surface area contributed by atoms with Crippen LogP contribution in [0.2, 0.25) is 0 Å². The standard InChI is InChI=1S/C20H20O3.C6H12O2.4CH4/c1-3-19(22-2)20(21)23-13-18-16-10-6-4-8-14(16)12-15-9-5-7-11-17(15)18;1-4-6(8-3)5(2)7;;;;/h4-12,19H,3,13H2,1-2H3;6H,4H2,1-3H3;4*1H4. The van der Waals surface area contributed by atoms with Crippen molar-refractivity contribution >= 4 is 33.3 Å². The Balaban J connectivity index is -0.000000750. The van der Waals surface area contributed by atoms with Crippen LogP contribution in [-0.2, 0) is 30.4 Å². The minimum Gasteiger partial charge on any atom is -0.459 e. The van der Waals surface area contributed by atoms with Crippen molar-refractivity contribution in [3.8, 4) is 0 Å². The molecular formula is C30H48O5. The van der Waals surface area contributed by atoms with E-state index in [0.717, 1.165) is 33.5 Å². The van der Waals surface area contributed by atoms with Crippen LogP contribution in [0.15, 0.2) is 54.6 Å². The van der Waals surface area contributed by atoms with E-state index >= 15 is 0 Å². The third-order valence-corrected chi connectivity index (χ3v) is 5.27. The molecule has 2 atom stereocenters. The molecule has 0 aromatic heterocycles. The highest BCUT2D eigenvalue weighted by atomic mass is 16.6. The van der Waals surface area contributed by atoms with Crippen LogP contribution in [0.5, 0.6) is 0 Å². The van der Waals surface area contributed by atoms with E-state index in [1.807, 2.05) is 38.1 Å². The zero-order valence-electron chi connectivity index (χ0n) is 19.0. The number of fused-ring (bicyclic) bond motifs is 2. The van der Waals surface area contributed by atoms with Gasteiger partial charge in [-0.25, -0.2) is 4.79 Å². The summed E-state index contributed by atoms with van der Waals surface area (Å²) in [6.07, 6.45) is 0.684. The van der Waals surface area contributed by atoms with Gasteiger partial charge in [-0.05, 0) is 47.4 Å². The molecule has 3 aromatic rings. The molecule has 0 bridgehead atoms. The number of Topliss-reactive ketones (excluding diaryl/α,β-unsaturated/α-hetero) is 1. The molecule has 2 unspecified atom stereocenters. The van der Waals surface area contributed by atoms with E-state index < -0.39 is 6.10 Å². The lowest BCUT2D eigenvalue weighted by molar-refractivity contribution is -0.156. The van der Waals surface area contributed by atoms with E-state index in [9.17, 15) is 9.59 Å². The van der Waals surface area contributed by atoms with Crippen LogP contribution < -0.4 is 0 Å². The summed E-state index contributed by atoms with van der Waals surface area (Å²) in [4.78, 5) is 22.6. The Morgan fingerprint density at radius 2 is 1.17 bits per heavy atom. The average molecular weight is 489 g/mol. The van der Waals surface area contributed by atoms with Gasteiger partial charge in [0, 0.05) is 19.8 Å². The molecule has 0 heterocycles. The van der Waals surface area contributed by atoms with Gasteiger partial charge in [0.05, 0.1) is 0 Å². The maximum atomic E-state index is 12.1. The van der Waals surface area contributed by atoms with Crippen molar-refractivity contribution in [1.82, 2.24) is 0 Å². The van der Waals surface area contributed by atoms with Crippen molar-refractivity contribution in [3.63, 3.8) is 0 Å². The van der Waals surface area contributed by atoms with Crippen molar-refractivity contribution in [2.45, 2.75) is 82.1 Å². The lowest BCUT2D eigenvalue weighted by Crippen LogP contribution is -2.24. The second-order valence-electron chi connectivity index (χ2n) is 7.28. The van der Waals surface area contributed by atoms with E-state index in [4.69, 9.17) is 14.2 Å². The summed E-state index contributed by atoms with van der Waals surface area (Å²) >= 11 is 0. The Kier molecular flexibility index (Phi) is 19.5. The van der Waals surface area contributed by atoms with Gasteiger partial charge >= 0.3 is 5.97 Å². The number of carbonyl (C=O) groups excluding carboxylic acids is 2. The van der Waals surface area contributed by atoms with Crippen LogP contribution in [0.25, 0.3) is 21.5 Å². The molecule has 0 spiro atoms. The summed E-state index contributed by atoms with van der Waals surface area (Å²) in [5.41, 5.74) is 1.04. The van der Waals surface area contributed by atoms with Gasteiger partial charge in [-0.2, -0.15) is 0 Å². The Bertz CT molecular complexity index is 950. The molecule has 0 saturated heterocycles. The summed E-state index contributed by atoms with van der Waals surface area (Å²) < 4.78 is 15.5. The molecule has 0 radical (unpaired) electrons. The third-order valence-electron chi connectivity index (χ3n) is 5.27. The summed E-state index contributed by atoms with van der Waals surface area (Å²) in [6, 6.07) is 18.5. The van der Waals surface area contributed by atoms with E-state index in [1.165, 1.54) is 14.0 Å². The molecular weight excluding hydrogens is 440 g/mol. The maximum Gasteiger partial charge on any atom is 0.335 e. The molecule has 0 aliphatic carbocycles. The molecule has 0 aliphatic rings. The fourth-order valence-electron chi connectivity index (χ4n) is 3.55. The fourth-order valence-corrected chi connectivity index (χ4v) is 3.55. The van der Waals surface area contributed by atoms with Crippen molar-refractivity contribution in [2.24, 2.45) is 0 Å². The first kappa shape index (κ1) is 36.8. The summed E-state index contributed by atoms with van der Waals surface area (Å²) in [5, 5.41) is 4.53. The Hall–Kier alpha value is -2.76. The maximum absolute atomic E-state index is 12.1. The minimum atomic E-state index is -0.503. The summed E-state index contributed by atoms with van der Waals surface area (Å²) in [6.45, 7) is 5.62. The SMILES string of the molecule is C.C.C.C.CCC(OC)C(=O)OCc1c2ccccc2cc2ccccc12.CCC(OC)C(C)=O.